The lowest BCUT2D eigenvalue weighted by Crippen LogP contribution is -2.22. The Labute approximate surface area is 217 Å². The first-order chi connectivity index (χ1) is 18.5. The zero-order valence-electron chi connectivity index (χ0n) is 20.2. The fraction of sp³-hybridized carbons (Fsp3) is 0.138. The highest BCUT2D eigenvalue weighted by molar-refractivity contribution is 6.10. The van der Waals surface area contributed by atoms with Crippen molar-refractivity contribution in [2.24, 2.45) is 10.9 Å². The molecule has 8 nitrogen and oxygen atoms in total. The Morgan fingerprint density at radius 2 is 1.84 bits per heavy atom. The molecule has 0 atom stereocenters. The molecule has 1 aliphatic carbocycles. The summed E-state index contributed by atoms with van der Waals surface area (Å²) in [7, 11) is 0. The number of pyridine rings is 1. The predicted octanol–water partition coefficient (Wildman–Crippen LogP) is 4.79. The quantitative estimate of drug-likeness (QED) is 0.349. The van der Waals surface area contributed by atoms with Crippen LogP contribution in [0.3, 0.4) is 0 Å². The fourth-order valence-electron chi connectivity index (χ4n) is 4.28. The number of halogens is 1. The van der Waals surface area contributed by atoms with Crippen molar-refractivity contribution in [1.29, 1.82) is 0 Å². The molecule has 0 saturated heterocycles. The van der Waals surface area contributed by atoms with Crippen LogP contribution in [0, 0.1) is 11.7 Å². The Balaban J connectivity index is 1.21. The first kappa shape index (κ1) is 23.5. The van der Waals surface area contributed by atoms with E-state index >= 15 is 0 Å². The predicted molar refractivity (Wildman–Crippen MR) is 143 cm³/mol. The molecular formula is C29H23FN6O2. The highest BCUT2D eigenvalue weighted by atomic mass is 19.1. The molecular weight excluding hydrogens is 483 g/mol. The smallest absolute Gasteiger partial charge is 0.276 e. The lowest BCUT2D eigenvalue weighted by molar-refractivity contribution is -0.117. The van der Waals surface area contributed by atoms with Crippen LogP contribution in [-0.4, -0.2) is 39.3 Å². The number of amides is 2. The number of rotatable bonds is 6. The van der Waals surface area contributed by atoms with Crippen molar-refractivity contribution in [3.05, 3.63) is 102 Å². The number of H-pyrrole nitrogens is 1. The first-order valence-corrected chi connectivity index (χ1v) is 12.3. The molecule has 1 saturated carbocycles. The summed E-state index contributed by atoms with van der Waals surface area (Å²) in [6.45, 7) is 0.290. The number of hydrogen-bond acceptors (Lipinski definition) is 5. The van der Waals surface area contributed by atoms with Crippen molar-refractivity contribution in [2.45, 2.75) is 12.8 Å². The van der Waals surface area contributed by atoms with E-state index in [4.69, 9.17) is 0 Å². The number of allylic oxidation sites excluding steroid dienone is 2. The maximum atomic E-state index is 14.2. The van der Waals surface area contributed by atoms with Crippen molar-refractivity contribution in [3.63, 3.8) is 0 Å². The average molecular weight is 507 g/mol. The highest BCUT2D eigenvalue weighted by Gasteiger charge is 2.29. The third-order valence-corrected chi connectivity index (χ3v) is 6.47. The number of aliphatic imine (C=N–C) groups is 1. The molecule has 2 amide bonds. The van der Waals surface area contributed by atoms with Gasteiger partial charge in [-0.1, -0.05) is 18.2 Å². The van der Waals surface area contributed by atoms with Gasteiger partial charge in [-0.05, 0) is 67.0 Å². The number of carbonyl (C=O) groups excluding carboxylic acids is 2. The summed E-state index contributed by atoms with van der Waals surface area (Å²) in [4.78, 5) is 34.0. The summed E-state index contributed by atoms with van der Waals surface area (Å²) < 4.78 is 14.2. The number of hydrogen-bond donors (Lipinski definition) is 3. The zero-order valence-corrected chi connectivity index (χ0v) is 20.2. The van der Waals surface area contributed by atoms with Gasteiger partial charge < -0.3 is 10.6 Å². The summed E-state index contributed by atoms with van der Waals surface area (Å²) in [6, 6.07) is 13.9. The fourth-order valence-corrected chi connectivity index (χ4v) is 4.28. The molecule has 188 valence electrons. The molecule has 38 heavy (non-hydrogen) atoms. The number of anilines is 1. The van der Waals surface area contributed by atoms with E-state index in [1.165, 1.54) is 6.07 Å². The molecule has 3 heterocycles. The third-order valence-electron chi connectivity index (χ3n) is 6.47. The van der Waals surface area contributed by atoms with Crippen LogP contribution in [0.25, 0.3) is 22.0 Å². The Kier molecular flexibility index (Phi) is 6.09. The van der Waals surface area contributed by atoms with Gasteiger partial charge in [0.15, 0.2) is 5.69 Å². The Bertz CT molecular complexity index is 1660. The summed E-state index contributed by atoms with van der Waals surface area (Å²) in [5.74, 6) is -0.630. The van der Waals surface area contributed by atoms with Gasteiger partial charge in [-0.15, -0.1) is 0 Å². The van der Waals surface area contributed by atoms with Gasteiger partial charge in [-0.25, -0.2) is 4.39 Å². The van der Waals surface area contributed by atoms with Crippen molar-refractivity contribution in [3.8, 4) is 11.1 Å². The van der Waals surface area contributed by atoms with Crippen LogP contribution in [0.2, 0.25) is 0 Å². The van der Waals surface area contributed by atoms with Crippen LogP contribution in [0.5, 0.6) is 0 Å². The topological polar surface area (TPSA) is 112 Å². The van der Waals surface area contributed by atoms with E-state index in [2.05, 4.69) is 30.8 Å². The largest absolute Gasteiger partial charge is 0.324 e. The lowest BCUT2D eigenvalue weighted by atomic mass is 10.0. The Hall–Kier alpha value is -4.92. The summed E-state index contributed by atoms with van der Waals surface area (Å²) in [5.41, 5.74) is 4.67. The monoisotopic (exact) mass is 506 g/mol. The van der Waals surface area contributed by atoms with Crippen LogP contribution in [0.15, 0.2) is 89.8 Å². The van der Waals surface area contributed by atoms with Crippen molar-refractivity contribution in [2.75, 3.05) is 11.9 Å². The van der Waals surface area contributed by atoms with E-state index in [1.807, 2.05) is 24.3 Å². The second kappa shape index (κ2) is 9.85. The molecule has 3 N–H and O–H groups in total. The van der Waals surface area contributed by atoms with Gasteiger partial charge in [-0.3, -0.25) is 24.7 Å². The normalized spacial score (nSPS) is 15.0. The minimum atomic E-state index is -0.387. The number of fused-ring (bicyclic) bond motifs is 1. The van der Waals surface area contributed by atoms with Gasteiger partial charge >= 0.3 is 0 Å². The van der Waals surface area contributed by atoms with E-state index in [9.17, 15) is 14.0 Å². The van der Waals surface area contributed by atoms with Crippen LogP contribution in [-0.2, 0) is 4.79 Å². The van der Waals surface area contributed by atoms with E-state index in [0.29, 0.717) is 40.1 Å². The van der Waals surface area contributed by atoms with Crippen molar-refractivity contribution >= 4 is 34.1 Å². The minimum Gasteiger partial charge on any atom is -0.324 e. The molecule has 2 aliphatic rings. The molecule has 2 aromatic carbocycles. The first-order valence-electron chi connectivity index (χ1n) is 12.3. The van der Waals surface area contributed by atoms with Crippen molar-refractivity contribution in [1.82, 2.24) is 20.5 Å². The van der Waals surface area contributed by atoms with E-state index in [-0.39, 0.29) is 29.2 Å². The number of nitrogens with one attached hydrogen (secondary N) is 3. The maximum absolute atomic E-state index is 14.2. The molecule has 2 aromatic heterocycles. The molecule has 0 spiro atoms. The SMILES string of the molecule is O=C(NC1=CCN=C(c2ccccc2F)C=C1)c1n[nH]c2ccc(-c3cncc(NC(=O)C4CC4)c3)cc12. The number of nitrogens with zero attached hydrogens (tertiary/aromatic N) is 3. The Morgan fingerprint density at radius 3 is 2.68 bits per heavy atom. The molecule has 1 fully saturated rings. The number of aromatic nitrogens is 3. The molecule has 6 rings (SSSR count). The standard InChI is InChI=1S/C29H23FN6O2/c30-24-4-2-1-3-22(24)25-10-8-20(11-12-32-25)33-29(38)27-23-14-18(7-9-26(23)35-36-27)19-13-21(16-31-15-19)34-28(37)17-5-6-17/h1-4,7-11,13-17H,5-6,12H2,(H,33,38)(H,34,37)(H,35,36). The molecule has 4 aromatic rings. The number of benzene rings is 2. The molecule has 0 radical (unpaired) electrons. The molecule has 0 bridgehead atoms. The van der Waals surface area contributed by atoms with E-state index in [1.54, 1.807) is 48.8 Å². The van der Waals surface area contributed by atoms with Crippen LogP contribution >= 0.6 is 0 Å². The second-order valence-corrected chi connectivity index (χ2v) is 9.21. The highest BCUT2D eigenvalue weighted by Crippen LogP contribution is 2.31. The van der Waals surface area contributed by atoms with Gasteiger partial charge in [-0.2, -0.15) is 5.10 Å². The summed E-state index contributed by atoms with van der Waals surface area (Å²) >= 11 is 0. The molecule has 1 aliphatic heterocycles. The molecule has 9 heteroatoms. The lowest BCUT2D eigenvalue weighted by Gasteiger charge is -2.07. The second-order valence-electron chi connectivity index (χ2n) is 9.21. The van der Waals surface area contributed by atoms with Crippen molar-refractivity contribution < 1.29 is 14.0 Å². The van der Waals surface area contributed by atoms with Gasteiger partial charge in [0.05, 0.1) is 29.7 Å². The number of aromatic amines is 1. The van der Waals surface area contributed by atoms with Crippen LogP contribution in [0.1, 0.15) is 28.9 Å². The van der Waals surface area contributed by atoms with Crippen LogP contribution in [0.4, 0.5) is 10.1 Å². The van der Waals surface area contributed by atoms with Gasteiger partial charge in [0.2, 0.25) is 5.91 Å². The minimum absolute atomic E-state index is 0.0153. The summed E-state index contributed by atoms with van der Waals surface area (Å²) in [6.07, 6.45) is 10.3. The summed E-state index contributed by atoms with van der Waals surface area (Å²) in [5, 5.41) is 13.6. The van der Waals surface area contributed by atoms with Gasteiger partial charge in [0, 0.05) is 34.3 Å². The Morgan fingerprint density at radius 1 is 0.974 bits per heavy atom. The van der Waals surface area contributed by atoms with E-state index in [0.717, 1.165) is 24.0 Å². The van der Waals surface area contributed by atoms with Gasteiger partial charge in [0.1, 0.15) is 5.82 Å². The van der Waals surface area contributed by atoms with E-state index < -0.39 is 0 Å². The van der Waals surface area contributed by atoms with Gasteiger partial charge in [0.25, 0.3) is 5.91 Å². The average Bonchev–Trinajstić information content (AvgIpc) is 3.73. The number of carbonyl (C=O) groups is 2. The maximum Gasteiger partial charge on any atom is 0.276 e. The zero-order chi connectivity index (χ0) is 26.1. The third kappa shape index (κ3) is 4.86. The van der Waals surface area contributed by atoms with Crippen LogP contribution < -0.4 is 10.6 Å². The molecule has 0 unspecified atom stereocenters.